The van der Waals surface area contributed by atoms with Crippen molar-refractivity contribution in [1.82, 2.24) is 0 Å². The fourth-order valence-electron chi connectivity index (χ4n) is 1.25. The number of hydrogen-bond donors (Lipinski definition) is 1. The summed E-state index contributed by atoms with van der Waals surface area (Å²) in [6, 6.07) is 7.88. The van der Waals surface area contributed by atoms with Crippen LogP contribution in [0.15, 0.2) is 35.5 Å². The second kappa shape index (κ2) is 6.65. The van der Waals surface area contributed by atoms with Gasteiger partial charge in [-0.3, -0.25) is 0 Å². The first-order chi connectivity index (χ1) is 7.36. The van der Waals surface area contributed by atoms with Crippen LogP contribution in [0.1, 0.15) is 11.1 Å². The average molecular weight is 203 g/mol. The Kier molecular flexibility index (Phi) is 5.01. The molecular weight excluding hydrogens is 190 g/mol. The number of aliphatic hydroxyl groups is 1. The van der Waals surface area contributed by atoms with Crippen LogP contribution in [0.25, 0.3) is 16.5 Å². The van der Waals surface area contributed by atoms with Crippen molar-refractivity contribution >= 4 is 6.08 Å². The number of nitrogens with zero attached hydrogens (tertiary/aromatic N) is 3. The highest BCUT2D eigenvalue weighted by molar-refractivity contribution is 5.50. The minimum absolute atomic E-state index is 0.159. The first kappa shape index (κ1) is 11.3. The van der Waals surface area contributed by atoms with E-state index in [0.717, 1.165) is 11.1 Å². The molecule has 1 rings (SSSR count). The van der Waals surface area contributed by atoms with Crippen LogP contribution in [0.2, 0.25) is 0 Å². The van der Waals surface area contributed by atoms with Gasteiger partial charge in [0.2, 0.25) is 0 Å². The summed E-state index contributed by atoms with van der Waals surface area (Å²) in [6.07, 6.45) is 4.37. The van der Waals surface area contributed by atoms with Gasteiger partial charge in [0, 0.05) is 18.1 Å². The van der Waals surface area contributed by atoms with Crippen molar-refractivity contribution < 1.29 is 5.11 Å². The quantitative estimate of drug-likeness (QED) is 0.446. The van der Waals surface area contributed by atoms with E-state index in [0.29, 0.717) is 13.0 Å². The molecule has 0 aromatic heterocycles. The lowest BCUT2D eigenvalue weighted by Crippen LogP contribution is -1.90. The van der Waals surface area contributed by atoms with E-state index in [-0.39, 0.29) is 6.61 Å². The standard InChI is InChI=1S/C11H13N3O/c12-14-13-7-2-5-10-3-1-4-11(9-10)6-8-15/h1-5,9,15H,6-8H2. The van der Waals surface area contributed by atoms with Crippen molar-refractivity contribution in [1.29, 1.82) is 0 Å². The van der Waals surface area contributed by atoms with E-state index in [1.165, 1.54) is 0 Å². The lowest BCUT2D eigenvalue weighted by molar-refractivity contribution is 0.299. The highest BCUT2D eigenvalue weighted by Crippen LogP contribution is 2.07. The third kappa shape index (κ3) is 4.31. The molecule has 0 amide bonds. The lowest BCUT2D eigenvalue weighted by atomic mass is 10.1. The summed E-state index contributed by atoms with van der Waals surface area (Å²) in [6.45, 7) is 0.520. The fraction of sp³-hybridized carbons (Fsp3) is 0.273. The third-order valence-electron chi connectivity index (χ3n) is 1.91. The summed E-state index contributed by atoms with van der Waals surface area (Å²) in [4.78, 5) is 2.65. The maximum atomic E-state index is 8.78. The van der Waals surface area contributed by atoms with Gasteiger partial charge in [-0.1, -0.05) is 41.5 Å². The molecule has 0 aliphatic rings. The van der Waals surface area contributed by atoms with Crippen molar-refractivity contribution in [3.8, 4) is 0 Å². The van der Waals surface area contributed by atoms with Crippen LogP contribution in [0, 0.1) is 0 Å². The van der Waals surface area contributed by atoms with Gasteiger partial charge >= 0.3 is 0 Å². The number of benzene rings is 1. The van der Waals surface area contributed by atoms with E-state index < -0.39 is 0 Å². The van der Waals surface area contributed by atoms with E-state index in [4.69, 9.17) is 10.6 Å². The summed E-state index contributed by atoms with van der Waals surface area (Å²) in [5, 5.41) is 12.2. The number of aliphatic hydroxyl groups excluding tert-OH is 1. The molecule has 0 aliphatic heterocycles. The Morgan fingerprint density at radius 1 is 1.47 bits per heavy atom. The number of azide groups is 1. The van der Waals surface area contributed by atoms with Gasteiger partial charge < -0.3 is 5.11 Å². The second-order valence-electron chi connectivity index (χ2n) is 3.03. The molecule has 78 valence electrons. The third-order valence-corrected chi connectivity index (χ3v) is 1.91. The molecule has 1 N–H and O–H groups in total. The Morgan fingerprint density at radius 2 is 2.33 bits per heavy atom. The summed E-state index contributed by atoms with van der Waals surface area (Å²) in [7, 11) is 0. The summed E-state index contributed by atoms with van der Waals surface area (Å²) in [5.41, 5.74) is 10.2. The van der Waals surface area contributed by atoms with Gasteiger partial charge in [-0.15, -0.1) is 0 Å². The molecule has 0 atom stereocenters. The summed E-state index contributed by atoms with van der Waals surface area (Å²) in [5.74, 6) is 0. The zero-order chi connectivity index (χ0) is 10.9. The largest absolute Gasteiger partial charge is 0.396 e. The van der Waals surface area contributed by atoms with Gasteiger partial charge in [-0.2, -0.15) is 0 Å². The van der Waals surface area contributed by atoms with Crippen LogP contribution in [-0.4, -0.2) is 18.3 Å². The van der Waals surface area contributed by atoms with E-state index in [1.54, 1.807) is 6.08 Å². The average Bonchev–Trinajstić information content (AvgIpc) is 2.26. The Bertz CT molecular complexity index is 381. The van der Waals surface area contributed by atoms with Crippen molar-refractivity contribution in [3.63, 3.8) is 0 Å². The molecule has 0 spiro atoms. The monoisotopic (exact) mass is 203 g/mol. The van der Waals surface area contributed by atoms with Gasteiger partial charge in [0.1, 0.15) is 0 Å². The molecule has 0 fully saturated rings. The lowest BCUT2D eigenvalue weighted by Gasteiger charge is -1.99. The van der Waals surface area contributed by atoms with Crippen LogP contribution in [0.5, 0.6) is 0 Å². The molecule has 15 heavy (non-hydrogen) atoms. The smallest absolute Gasteiger partial charge is 0.0471 e. The highest BCUT2D eigenvalue weighted by atomic mass is 16.2. The molecule has 0 bridgehead atoms. The Morgan fingerprint density at radius 3 is 3.07 bits per heavy atom. The molecule has 4 nitrogen and oxygen atoms in total. The van der Waals surface area contributed by atoms with Crippen LogP contribution < -0.4 is 0 Å². The van der Waals surface area contributed by atoms with Crippen LogP contribution >= 0.6 is 0 Å². The fourth-order valence-corrected chi connectivity index (χ4v) is 1.25. The minimum atomic E-state index is 0.159. The topological polar surface area (TPSA) is 69.0 Å². The predicted molar refractivity (Wildman–Crippen MR) is 60.3 cm³/mol. The first-order valence-electron chi connectivity index (χ1n) is 4.74. The molecule has 4 heteroatoms. The minimum Gasteiger partial charge on any atom is -0.396 e. The molecule has 0 aliphatic carbocycles. The van der Waals surface area contributed by atoms with Crippen molar-refractivity contribution in [2.45, 2.75) is 6.42 Å². The maximum Gasteiger partial charge on any atom is 0.0471 e. The van der Waals surface area contributed by atoms with E-state index in [9.17, 15) is 0 Å². The predicted octanol–water partition coefficient (Wildman–Crippen LogP) is 2.54. The van der Waals surface area contributed by atoms with Crippen LogP contribution in [-0.2, 0) is 6.42 Å². The van der Waals surface area contributed by atoms with E-state index in [1.807, 2.05) is 30.3 Å². The molecular formula is C11H13N3O. The molecule has 0 radical (unpaired) electrons. The highest BCUT2D eigenvalue weighted by Gasteiger charge is 1.91. The zero-order valence-electron chi connectivity index (χ0n) is 8.37. The Hall–Kier alpha value is -1.77. The molecule has 0 unspecified atom stereocenters. The van der Waals surface area contributed by atoms with Gasteiger partial charge in [-0.05, 0) is 23.1 Å². The van der Waals surface area contributed by atoms with E-state index in [2.05, 4.69) is 10.0 Å². The Balaban J connectivity index is 2.64. The Labute approximate surface area is 88.5 Å². The molecule has 1 aromatic carbocycles. The van der Waals surface area contributed by atoms with Crippen molar-refractivity contribution in [2.75, 3.05) is 13.2 Å². The van der Waals surface area contributed by atoms with Gasteiger partial charge in [-0.25, -0.2) is 0 Å². The summed E-state index contributed by atoms with van der Waals surface area (Å²) < 4.78 is 0. The normalized spacial score (nSPS) is 10.2. The summed E-state index contributed by atoms with van der Waals surface area (Å²) >= 11 is 0. The van der Waals surface area contributed by atoms with Gasteiger partial charge in [0.05, 0.1) is 0 Å². The van der Waals surface area contributed by atoms with E-state index >= 15 is 0 Å². The molecule has 1 aromatic rings. The van der Waals surface area contributed by atoms with Crippen molar-refractivity contribution in [2.24, 2.45) is 5.11 Å². The molecule has 0 saturated heterocycles. The van der Waals surface area contributed by atoms with Crippen LogP contribution in [0.4, 0.5) is 0 Å². The number of rotatable bonds is 5. The van der Waals surface area contributed by atoms with Gasteiger partial charge in [0.25, 0.3) is 0 Å². The zero-order valence-corrected chi connectivity index (χ0v) is 8.37. The first-order valence-corrected chi connectivity index (χ1v) is 4.74. The molecule has 0 saturated carbocycles. The second-order valence-corrected chi connectivity index (χ2v) is 3.03. The van der Waals surface area contributed by atoms with Crippen LogP contribution in [0.3, 0.4) is 0 Å². The molecule has 0 heterocycles. The SMILES string of the molecule is [N-]=[N+]=NCC=Cc1cccc(CCO)c1. The maximum absolute atomic E-state index is 8.78. The van der Waals surface area contributed by atoms with Crippen molar-refractivity contribution in [3.05, 3.63) is 51.9 Å². The number of hydrogen-bond acceptors (Lipinski definition) is 2. The van der Waals surface area contributed by atoms with Gasteiger partial charge in [0.15, 0.2) is 0 Å².